The van der Waals surface area contributed by atoms with Crippen LogP contribution in [-0.2, 0) is 9.53 Å². The highest BCUT2D eigenvalue weighted by molar-refractivity contribution is 8.00. The lowest BCUT2D eigenvalue weighted by Crippen LogP contribution is -2.20. The minimum atomic E-state index is -0.691. The summed E-state index contributed by atoms with van der Waals surface area (Å²) < 4.78 is 17.8. The zero-order valence-corrected chi connectivity index (χ0v) is 14.1. The molecule has 2 atom stereocenters. The number of hydrogen-bond donors (Lipinski definition) is 0. The van der Waals surface area contributed by atoms with Crippen molar-refractivity contribution in [1.82, 2.24) is 0 Å². The Bertz CT molecular complexity index is 235. The maximum absolute atomic E-state index is 12.6. The van der Waals surface area contributed by atoms with Gasteiger partial charge in [0.25, 0.3) is 0 Å². The summed E-state index contributed by atoms with van der Waals surface area (Å²) in [5, 5.41) is -0.0124. The van der Waals surface area contributed by atoms with Crippen LogP contribution in [0, 0.1) is 0 Å². The molecule has 4 heteroatoms. The van der Waals surface area contributed by atoms with Crippen LogP contribution < -0.4 is 0 Å². The molecule has 0 aliphatic rings. The van der Waals surface area contributed by atoms with Crippen molar-refractivity contribution in [3.63, 3.8) is 0 Å². The summed E-state index contributed by atoms with van der Waals surface area (Å²) >= 11 is 1.71. The SMILES string of the molecule is CCCCCC(SCCCCCC(C)F)C(=O)OCC. The monoisotopic (exact) mass is 306 g/mol. The number of esters is 1. The van der Waals surface area contributed by atoms with Crippen LogP contribution >= 0.6 is 11.8 Å². The molecule has 20 heavy (non-hydrogen) atoms. The summed E-state index contributed by atoms with van der Waals surface area (Å²) in [5.41, 5.74) is 0. The molecule has 2 nitrogen and oxygen atoms in total. The summed E-state index contributed by atoms with van der Waals surface area (Å²) in [6.45, 7) is 6.08. The number of rotatable bonds is 13. The molecule has 0 fully saturated rings. The molecule has 2 unspecified atom stereocenters. The van der Waals surface area contributed by atoms with Gasteiger partial charge in [0.2, 0.25) is 0 Å². The Morgan fingerprint density at radius 3 is 2.40 bits per heavy atom. The van der Waals surface area contributed by atoms with E-state index in [4.69, 9.17) is 4.74 Å². The van der Waals surface area contributed by atoms with Crippen molar-refractivity contribution in [2.75, 3.05) is 12.4 Å². The van der Waals surface area contributed by atoms with E-state index < -0.39 is 6.17 Å². The third-order valence-corrected chi connectivity index (χ3v) is 4.54. The zero-order chi connectivity index (χ0) is 15.2. The van der Waals surface area contributed by atoms with Crippen LogP contribution in [-0.4, -0.2) is 29.8 Å². The van der Waals surface area contributed by atoms with E-state index in [0.717, 1.165) is 37.9 Å². The Morgan fingerprint density at radius 1 is 1.10 bits per heavy atom. The number of thioether (sulfide) groups is 1. The molecule has 0 radical (unpaired) electrons. The van der Waals surface area contributed by atoms with Crippen molar-refractivity contribution in [3.05, 3.63) is 0 Å². The average molecular weight is 306 g/mol. The van der Waals surface area contributed by atoms with Gasteiger partial charge in [0, 0.05) is 0 Å². The van der Waals surface area contributed by atoms with Gasteiger partial charge in [-0.2, -0.15) is 0 Å². The van der Waals surface area contributed by atoms with Crippen molar-refractivity contribution < 1.29 is 13.9 Å². The summed E-state index contributed by atoms with van der Waals surface area (Å²) in [4.78, 5) is 11.9. The number of unbranched alkanes of at least 4 members (excludes halogenated alkanes) is 4. The molecule has 0 saturated heterocycles. The van der Waals surface area contributed by atoms with Gasteiger partial charge < -0.3 is 4.74 Å². The van der Waals surface area contributed by atoms with E-state index in [0.29, 0.717) is 13.0 Å². The number of halogens is 1. The largest absolute Gasteiger partial charge is 0.465 e. The first-order chi connectivity index (χ1) is 9.61. The minimum absolute atomic E-state index is 0.0124. The smallest absolute Gasteiger partial charge is 0.319 e. The van der Waals surface area contributed by atoms with Crippen LogP contribution in [0.4, 0.5) is 4.39 Å². The molecule has 0 saturated carbocycles. The Kier molecular flexibility index (Phi) is 13.5. The van der Waals surface area contributed by atoms with Crippen LogP contribution in [0.2, 0.25) is 0 Å². The van der Waals surface area contributed by atoms with Gasteiger partial charge >= 0.3 is 5.97 Å². The average Bonchev–Trinajstić information content (AvgIpc) is 2.40. The van der Waals surface area contributed by atoms with Gasteiger partial charge in [-0.05, 0) is 38.9 Å². The van der Waals surface area contributed by atoms with E-state index in [-0.39, 0.29) is 11.2 Å². The quantitative estimate of drug-likeness (QED) is 0.348. The van der Waals surface area contributed by atoms with E-state index in [9.17, 15) is 9.18 Å². The molecular formula is C16H31FO2S. The second-order valence-corrected chi connectivity index (χ2v) is 6.55. The first kappa shape index (κ1) is 19.8. The minimum Gasteiger partial charge on any atom is -0.465 e. The Morgan fingerprint density at radius 2 is 1.80 bits per heavy atom. The first-order valence-corrected chi connectivity index (χ1v) is 9.09. The highest BCUT2D eigenvalue weighted by atomic mass is 32.2. The lowest BCUT2D eigenvalue weighted by molar-refractivity contribution is -0.142. The van der Waals surface area contributed by atoms with Crippen LogP contribution in [0.25, 0.3) is 0 Å². The number of hydrogen-bond acceptors (Lipinski definition) is 3. The maximum atomic E-state index is 12.6. The number of ether oxygens (including phenoxy) is 1. The number of carbonyl (C=O) groups is 1. The van der Waals surface area contributed by atoms with E-state index >= 15 is 0 Å². The highest BCUT2D eigenvalue weighted by Gasteiger charge is 2.19. The molecule has 0 bridgehead atoms. The molecule has 120 valence electrons. The fourth-order valence-electron chi connectivity index (χ4n) is 2.01. The Labute approximate surface area is 128 Å². The molecule has 0 N–H and O–H groups in total. The van der Waals surface area contributed by atoms with E-state index in [1.54, 1.807) is 18.7 Å². The lowest BCUT2D eigenvalue weighted by Gasteiger charge is -2.15. The standard InChI is InChI=1S/C16H31FO2S/c1-4-6-8-12-15(16(18)19-5-2)20-13-10-7-9-11-14(3)17/h14-15H,4-13H2,1-3H3. The van der Waals surface area contributed by atoms with Gasteiger partial charge in [-0.15, -0.1) is 11.8 Å². The first-order valence-electron chi connectivity index (χ1n) is 8.04. The van der Waals surface area contributed by atoms with Crippen LogP contribution in [0.15, 0.2) is 0 Å². The predicted molar refractivity (Wildman–Crippen MR) is 86.1 cm³/mol. The second kappa shape index (κ2) is 13.7. The molecular weight excluding hydrogens is 275 g/mol. The van der Waals surface area contributed by atoms with Gasteiger partial charge in [-0.25, -0.2) is 4.39 Å². The van der Waals surface area contributed by atoms with Crippen molar-refractivity contribution in [2.24, 2.45) is 0 Å². The van der Waals surface area contributed by atoms with E-state index in [1.165, 1.54) is 12.8 Å². The van der Waals surface area contributed by atoms with Crippen molar-refractivity contribution in [3.8, 4) is 0 Å². The summed E-state index contributed by atoms with van der Waals surface area (Å²) in [6.07, 6.45) is 7.36. The van der Waals surface area contributed by atoms with E-state index in [1.807, 2.05) is 6.92 Å². The van der Waals surface area contributed by atoms with E-state index in [2.05, 4.69) is 6.92 Å². The highest BCUT2D eigenvalue weighted by Crippen LogP contribution is 2.21. The van der Waals surface area contributed by atoms with Crippen molar-refractivity contribution >= 4 is 17.7 Å². The lowest BCUT2D eigenvalue weighted by atomic mass is 10.1. The molecule has 0 aliphatic heterocycles. The van der Waals surface area contributed by atoms with Crippen LogP contribution in [0.1, 0.15) is 72.1 Å². The van der Waals surface area contributed by atoms with Crippen molar-refractivity contribution in [1.29, 1.82) is 0 Å². The molecule has 0 spiro atoms. The van der Waals surface area contributed by atoms with Gasteiger partial charge in [-0.1, -0.05) is 39.0 Å². The third-order valence-electron chi connectivity index (χ3n) is 3.18. The topological polar surface area (TPSA) is 26.3 Å². The molecule has 0 aromatic heterocycles. The molecule has 0 aromatic rings. The normalized spacial score (nSPS) is 14.0. The van der Waals surface area contributed by atoms with Crippen LogP contribution in [0.3, 0.4) is 0 Å². The maximum Gasteiger partial charge on any atom is 0.319 e. The Hall–Kier alpha value is -0.250. The van der Waals surface area contributed by atoms with Gasteiger partial charge in [0.1, 0.15) is 5.25 Å². The molecule has 0 amide bonds. The second-order valence-electron chi connectivity index (χ2n) is 5.24. The van der Waals surface area contributed by atoms with Gasteiger partial charge in [0.15, 0.2) is 0 Å². The molecule has 0 aliphatic carbocycles. The number of alkyl halides is 1. The molecule has 0 aromatic carbocycles. The summed E-state index contributed by atoms with van der Waals surface area (Å²) in [5.74, 6) is 0.905. The summed E-state index contributed by atoms with van der Waals surface area (Å²) in [6, 6.07) is 0. The zero-order valence-electron chi connectivity index (χ0n) is 13.3. The van der Waals surface area contributed by atoms with Crippen molar-refractivity contribution in [2.45, 2.75) is 83.6 Å². The summed E-state index contributed by atoms with van der Waals surface area (Å²) in [7, 11) is 0. The van der Waals surface area contributed by atoms with Gasteiger partial charge in [0.05, 0.1) is 12.8 Å². The van der Waals surface area contributed by atoms with Gasteiger partial charge in [-0.3, -0.25) is 4.79 Å². The van der Waals surface area contributed by atoms with Crippen LogP contribution in [0.5, 0.6) is 0 Å². The number of carbonyl (C=O) groups excluding carboxylic acids is 1. The third kappa shape index (κ3) is 11.6. The predicted octanol–water partition coefficient (Wildman–Crippen LogP) is 5.15. The fraction of sp³-hybridized carbons (Fsp3) is 0.938. The molecule has 0 rings (SSSR count). The fourth-order valence-corrected chi connectivity index (χ4v) is 3.21. The molecule has 0 heterocycles. The Balaban J connectivity index is 3.81.